The van der Waals surface area contributed by atoms with Crippen LogP contribution < -0.4 is 76.1 Å². The van der Waals surface area contributed by atoms with Gasteiger partial charge in [-0.3, -0.25) is 42.9 Å². The first kappa shape index (κ1) is 105. The minimum absolute atomic E-state index is 0.0592. The van der Waals surface area contributed by atoms with E-state index in [-0.39, 0.29) is 75.4 Å². The van der Waals surface area contributed by atoms with Gasteiger partial charge < -0.3 is 142 Å². The molecule has 7 aromatic rings. The Bertz CT molecular complexity index is 5760. The molecule has 0 spiro atoms. The Labute approximate surface area is 836 Å². The van der Waals surface area contributed by atoms with E-state index in [0.29, 0.717) is 76.6 Å². The molecular weight excluding hydrogens is 1920 g/mol. The first-order chi connectivity index (χ1) is 68.7. The molecule has 770 valence electrons. The van der Waals surface area contributed by atoms with Crippen LogP contribution in [0.25, 0.3) is 11.1 Å². The Hall–Kier alpha value is -11.1. The maximum Gasteiger partial charge on any atom is 0.417 e. The third kappa shape index (κ3) is 23.2. The summed E-state index contributed by atoms with van der Waals surface area (Å²) in [6.07, 6.45) is -8.83. The number of halogens is 2. The van der Waals surface area contributed by atoms with Gasteiger partial charge in [0.1, 0.15) is 132 Å². The standard InChI is InChI=1S/C100H124Cl2N13O27P/c1-51(2)19-10-8-6-7-9-11-20-75(121)106-84-88(125)86(123)73(49-116)139-99(84)141-91-71-43-56-44-72(91)137-67-30-25-55(41-63(67)101)85(122)83-98(134)110-81(93(129)104-31-18-32-112(4)5)61-45-57(118)46-69(138-100-90(127)89(126)87(124)74(50-117)140-100)76(61)60-40-53(23-28-65(60)119)79(95(131)111-83)107-96(132)80(56)108-97(133)82-62-47-59(48-70(77(62)102)142-143(113-33-12-13-34-113,114-35-14-15-36-114)115-37-16-17-38-115)136-68-42-54(24-29-66(68)120)78(103-3)94(130)105-64(92(128)109-82)39-52-21-26-58(135-71)27-22-52/h21-30,40-48,51,64,73-74,78-90,99-100,103,116-117,122-127H,6-20,31-39,49-50H2,1-5H3,(H10-,104,105,106,107,108,109,110,111,118,119,120,121,128,129,130,131,132,133,134)/p+1/t64-,73-,74-,78+,79-,80-,81+,82+,83+,84-,85-,86-,87-,88-,89+,90+,99+,100+/m1/s1. The number of phenols is 3. The summed E-state index contributed by atoms with van der Waals surface area (Å²) < 4.78 is 61.1. The molecule has 17 bridgehead atoms. The van der Waals surface area contributed by atoms with E-state index >= 15 is 33.6 Å². The number of hydrogen-bond donors (Lipinski definition) is 20. The molecule has 0 radical (unpaired) electrons. The van der Waals surface area contributed by atoms with Crippen molar-refractivity contribution >= 4 is 78.4 Å². The van der Waals surface area contributed by atoms with Gasteiger partial charge in [0.2, 0.25) is 71.3 Å². The zero-order valence-corrected chi connectivity index (χ0v) is 82.2. The molecule has 11 aliphatic rings. The third-order valence-corrected chi connectivity index (χ3v) is 31.9. The maximum absolute atomic E-state index is 17.4. The largest absolute Gasteiger partial charge is 0.508 e. The van der Waals surface area contributed by atoms with Gasteiger partial charge in [-0.2, -0.15) is 0 Å². The third-order valence-electron chi connectivity index (χ3n) is 27.3. The number of aliphatic hydroxyl groups is 8. The molecule has 18 atom stereocenters. The minimum Gasteiger partial charge on any atom is -0.508 e. The second-order valence-electron chi connectivity index (χ2n) is 38.2. The average Bonchev–Trinajstić information content (AvgIpc) is 1.69. The maximum atomic E-state index is 17.4. The van der Waals surface area contributed by atoms with Gasteiger partial charge in [0.25, 0.3) is 0 Å². The van der Waals surface area contributed by atoms with E-state index in [1.165, 1.54) is 67.7 Å². The summed E-state index contributed by atoms with van der Waals surface area (Å²) in [5.41, 5.74) is -2.01. The SMILES string of the molecule is CN[C@@H]1C(=O)N[C@@H]2Cc3ccc(cc3)Oc3cc4cc(c3O[C@@H]3O[C@H](CO)[C@@H](O)[C@H](O)[C@H]3NC(=O)CCCCCCCCC(C)C)Oc3ccc(cc3Cl)[C@@H](O)[C@@H]3NC(=O)[C@H](NC(=O)[C@@H]4NC(=O)[C@@H](NC2=O)c2cc(cc(O[P+](N4CCCC4)(N4CCCC4)N4CCCC4)c2Cl)Oc2cc1ccc2O)c1ccc(O)c(c1)-c1c(O[C@H]2O[C@H](CO)[C@@H](O)[C@H](O)[C@@H]2O)cc(O)cc1[C@@H](C(=O)NCCCN(C)C)NC3=O. The molecule has 0 unspecified atom stereocenters. The number of aromatic hydroxyl groups is 3. The van der Waals surface area contributed by atoms with Crippen LogP contribution in [0.2, 0.25) is 10.0 Å². The number of nitrogens with zero attached hydrogens (tertiary/aromatic N) is 4. The average molecular weight is 2040 g/mol. The molecule has 5 fully saturated rings. The normalized spacial score (nSPS) is 26.6. The van der Waals surface area contributed by atoms with Crippen LogP contribution in [0.15, 0.2) is 115 Å². The number of unbranched alkanes of at least 4 members (excludes halogenated alkanes) is 5. The number of nitrogens with one attached hydrogen (secondary N) is 9. The number of carbonyl (C=O) groups excluding carboxylic acids is 8. The highest BCUT2D eigenvalue weighted by atomic mass is 35.5. The number of rotatable bonds is 27. The van der Waals surface area contributed by atoms with Gasteiger partial charge in [-0.05, 0) is 191 Å². The molecule has 11 heterocycles. The summed E-state index contributed by atoms with van der Waals surface area (Å²) >= 11 is 15.5. The summed E-state index contributed by atoms with van der Waals surface area (Å²) in [4.78, 5) is 131. The predicted octanol–water partition coefficient (Wildman–Crippen LogP) is 6.71. The second-order valence-corrected chi connectivity index (χ2v) is 41.9. The number of hydrogen-bond acceptors (Lipinski definition) is 32. The van der Waals surface area contributed by atoms with Crippen molar-refractivity contribution in [3.05, 3.63) is 164 Å². The molecule has 7 aromatic carbocycles. The van der Waals surface area contributed by atoms with Crippen molar-refractivity contribution in [2.24, 2.45) is 5.92 Å². The molecule has 5 saturated heterocycles. The van der Waals surface area contributed by atoms with E-state index in [1.54, 1.807) is 26.2 Å². The Kier molecular flexibility index (Phi) is 33.8. The molecule has 43 heteroatoms. The van der Waals surface area contributed by atoms with Gasteiger partial charge in [-0.1, -0.05) is 106 Å². The molecule has 0 aliphatic carbocycles. The molecule has 0 saturated carbocycles. The molecule has 11 aliphatic heterocycles. The zero-order chi connectivity index (χ0) is 102. The number of ether oxygens (including phenoxy) is 7. The zero-order valence-electron chi connectivity index (χ0n) is 79.8. The molecule has 40 nitrogen and oxygen atoms in total. The van der Waals surface area contributed by atoms with Crippen molar-refractivity contribution in [2.75, 3.05) is 86.7 Å². The molecule has 18 rings (SSSR count). The van der Waals surface area contributed by atoms with Crippen LogP contribution in [0, 0.1) is 5.92 Å². The lowest BCUT2D eigenvalue weighted by Crippen LogP contribution is -2.65. The van der Waals surface area contributed by atoms with Crippen molar-refractivity contribution in [1.82, 2.24) is 66.8 Å². The van der Waals surface area contributed by atoms with Crippen LogP contribution in [0.1, 0.15) is 185 Å². The van der Waals surface area contributed by atoms with Gasteiger partial charge in [0.15, 0.2) is 23.0 Å². The number of fused-ring (bicyclic) bond motifs is 14. The van der Waals surface area contributed by atoms with Gasteiger partial charge in [-0.15, -0.1) is 14.0 Å². The van der Waals surface area contributed by atoms with Crippen molar-refractivity contribution < 1.29 is 132 Å². The quantitative estimate of drug-likeness (QED) is 0.0188. The van der Waals surface area contributed by atoms with Crippen LogP contribution in [-0.2, 0) is 54.3 Å². The monoisotopic (exact) mass is 2040 g/mol. The Morgan fingerprint density at radius 1 is 0.531 bits per heavy atom. The van der Waals surface area contributed by atoms with Crippen LogP contribution >= 0.6 is 31.1 Å². The summed E-state index contributed by atoms with van der Waals surface area (Å²) in [6.45, 7) is 6.53. The lowest BCUT2D eigenvalue weighted by molar-refractivity contribution is -0.277. The van der Waals surface area contributed by atoms with Crippen LogP contribution in [0.4, 0.5) is 0 Å². The van der Waals surface area contributed by atoms with E-state index < -0.39 is 246 Å². The highest BCUT2D eigenvalue weighted by molar-refractivity contribution is 7.64. The molecule has 0 aromatic heterocycles. The van der Waals surface area contributed by atoms with E-state index in [1.807, 2.05) is 4.90 Å². The smallest absolute Gasteiger partial charge is 0.417 e. The van der Waals surface area contributed by atoms with Crippen molar-refractivity contribution in [3.8, 4) is 80.1 Å². The van der Waals surface area contributed by atoms with E-state index in [2.05, 4.69) is 75.7 Å². The van der Waals surface area contributed by atoms with Gasteiger partial charge in [-0.25, -0.2) is 0 Å². The number of carbonyl (C=O) groups is 8. The summed E-state index contributed by atoms with van der Waals surface area (Å²) in [5, 5.41) is 154. The Morgan fingerprint density at radius 3 is 1.77 bits per heavy atom. The fourth-order valence-electron chi connectivity index (χ4n) is 19.7. The summed E-state index contributed by atoms with van der Waals surface area (Å²) in [5.74, 6) is -13.3. The lowest BCUT2D eigenvalue weighted by Gasteiger charge is -2.42. The van der Waals surface area contributed by atoms with Gasteiger partial charge in [0, 0.05) is 87.5 Å². The second kappa shape index (κ2) is 46.1. The van der Waals surface area contributed by atoms with Crippen molar-refractivity contribution in [2.45, 2.75) is 226 Å². The molecular formula is C100H125Cl2N13O27P+. The number of likely N-dealkylation sites (N-methyl/N-ethyl adjacent to an activating group) is 1. The number of benzene rings is 7. The predicted molar refractivity (Wildman–Crippen MR) is 520 cm³/mol. The van der Waals surface area contributed by atoms with Crippen LogP contribution in [0.3, 0.4) is 0 Å². The molecule has 20 N–H and O–H groups in total. The van der Waals surface area contributed by atoms with E-state index in [9.17, 15) is 61.0 Å². The van der Waals surface area contributed by atoms with Gasteiger partial charge in [0.05, 0.1) is 23.3 Å². The Morgan fingerprint density at radius 2 is 1.12 bits per heavy atom. The van der Waals surface area contributed by atoms with E-state index in [4.69, 9.17) is 60.9 Å². The first-order valence-corrected chi connectivity index (χ1v) is 51.0. The minimum atomic E-state index is -3.20. The fourth-order valence-corrected chi connectivity index (χ4v) is 24.5. The first-order valence-electron chi connectivity index (χ1n) is 48.7. The van der Waals surface area contributed by atoms with Crippen LogP contribution in [-0.4, -0.2) is 282 Å². The lowest BCUT2D eigenvalue weighted by atomic mass is 9.89. The van der Waals surface area contributed by atoms with Crippen molar-refractivity contribution in [3.63, 3.8) is 0 Å². The van der Waals surface area contributed by atoms with Gasteiger partial charge >= 0.3 is 7.94 Å². The number of phenolic OH excluding ortho intramolecular Hbond substituents is 3. The molecule has 143 heavy (non-hydrogen) atoms. The number of amides is 8. The highest BCUT2D eigenvalue weighted by Crippen LogP contribution is 2.71. The summed E-state index contributed by atoms with van der Waals surface area (Å²) in [7, 11) is 1.87. The summed E-state index contributed by atoms with van der Waals surface area (Å²) in [6, 6.07) is 8.33. The topological polar surface area (TPSA) is 554 Å². The Balaban J connectivity index is 0.927. The fraction of sp³-hybridized carbons (Fsp3) is 0.500. The molecule has 8 amide bonds. The van der Waals surface area contributed by atoms with Crippen molar-refractivity contribution in [1.29, 1.82) is 0 Å². The number of aliphatic hydroxyl groups excluding tert-OH is 8. The van der Waals surface area contributed by atoms with E-state index in [0.717, 1.165) is 113 Å². The van der Waals surface area contributed by atoms with Crippen LogP contribution in [0.5, 0.6) is 69.0 Å². The highest BCUT2D eigenvalue weighted by Gasteiger charge is 2.63.